The van der Waals surface area contributed by atoms with Crippen LogP contribution in [0.4, 0.5) is 0 Å². The lowest BCUT2D eigenvalue weighted by Crippen LogP contribution is -2.42. The first-order valence-corrected chi connectivity index (χ1v) is 6.41. The summed E-state index contributed by atoms with van der Waals surface area (Å²) in [5.41, 5.74) is 10.4. The van der Waals surface area contributed by atoms with Crippen LogP contribution in [0.2, 0.25) is 0 Å². The van der Waals surface area contributed by atoms with Crippen LogP contribution in [0.5, 0.6) is 0 Å². The molecule has 1 unspecified atom stereocenters. The van der Waals surface area contributed by atoms with Gasteiger partial charge in [0.15, 0.2) is 0 Å². The summed E-state index contributed by atoms with van der Waals surface area (Å²) in [6, 6.07) is -0.196. The van der Waals surface area contributed by atoms with Crippen molar-refractivity contribution < 1.29 is 9.59 Å². The molecule has 7 heteroatoms. The minimum absolute atomic E-state index is 0.173. The summed E-state index contributed by atoms with van der Waals surface area (Å²) in [5, 5.41) is 4.98. The molecule has 1 rings (SSSR count). The maximum Gasteiger partial charge on any atom is 0.270 e. The quantitative estimate of drug-likeness (QED) is 0.719. The Bertz CT molecular complexity index is 454. The van der Waals surface area contributed by atoms with E-state index in [9.17, 15) is 9.59 Å². The Balaban J connectivity index is 2.63. The molecule has 1 atom stereocenters. The van der Waals surface area contributed by atoms with Crippen molar-refractivity contribution >= 4 is 23.2 Å². The Morgan fingerprint density at radius 2 is 2.17 bits per heavy atom. The molecule has 0 radical (unpaired) electrons. The van der Waals surface area contributed by atoms with Gasteiger partial charge in [-0.3, -0.25) is 9.59 Å². The van der Waals surface area contributed by atoms with Crippen molar-refractivity contribution in [3.8, 4) is 0 Å². The van der Waals surface area contributed by atoms with E-state index in [0.29, 0.717) is 10.7 Å². The number of hydrogen-bond donors (Lipinski definition) is 3. The normalized spacial score (nSPS) is 13.1. The van der Waals surface area contributed by atoms with Crippen LogP contribution in [0.25, 0.3) is 0 Å². The van der Waals surface area contributed by atoms with Crippen molar-refractivity contribution in [1.29, 1.82) is 0 Å². The maximum atomic E-state index is 11.8. The minimum Gasteiger partial charge on any atom is -0.369 e. The lowest BCUT2D eigenvalue weighted by Gasteiger charge is -2.20. The average Bonchev–Trinajstić information content (AvgIpc) is 2.75. The minimum atomic E-state index is -0.782. The van der Waals surface area contributed by atoms with Crippen LogP contribution in [0.1, 0.15) is 42.3 Å². The van der Waals surface area contributed by atoms with Crippen LogP contribution < -0.4 is 16.8 Å². The molecule has 0 aliphatic heterocycles. The Morgan fingerprint density at radius 3 is 2.61 bits per heavy atom. The second-order valence-corrected chi connectivity index (χ2v) is 5.68. The first-order chi connectivity index (χ1) is 8.24. The van der Waals surface area contributed by atoms with Gasteiger partial charge in [0, 0.05) is 11.9 Å². The monoisotopic (exact) mass is 270 g/mol. The number of hydrogen-bond acceptors (Lipinski definition) is 5. The van der Waals surface area contributed by atoms with E-state index in [2.05, 4.69) is 10.3 Å². The maximum absolute atomic E-state index is 11.8. The van der Waals surface area contributed by atoms with E-state index in [1.807, 2.05) is 0 Å². The third-order valence-electron chi connectivity index (χ3n) is 2.50. The summed E-state index contributed by atoms with van der Waals surface area (Å²) in [4.78, 5) is 27.0. The zero-order valence-electron chi connectivity index (χ0n) is 10.7. The summed E-state index contributed by atoms with van der Waals surface area (Å²) in [6.45, 7) is 5.32. The number of nitrogens with zero attached hydrogens (tertiary/aromatic N) is 1. The molecule has 1 aromatic rings. The molecule has 18 heavy (non-hydrogen) atoms. The van der Waals surface area contributed by atoms with Gasteiger partial charge in [-0.15, -0.1) is 11.3 Å². The van der Waals surface area contributed by atoms with Gasteiger partial charge in [0.2, 0.25) is 5.91 Å². The molecule has 1 heterocycles. The third-order valence-corrected chi connectivity index (χ3v) is 3.55. The molecule has 0 saturated heterocycles. The largest absolute Gasteiger partial charge is 0.369 e. The van der Waals surface area contributed by atoms with Gasteiger partial charge in [0.05, 0.1) is 11.5 Å². The lowest BCUT2D eigenvalue weighted by molar-refractivity contribution is -0.125. The molecule has 1 aromatic heterocycles. The molecule has 6 nitrogen and oxygen atoms in total. The van der Waals surface area contributed by atoms with Crippen molar-refractivity contribution in [2.45, 2.75) is 26.8 Å². The van der Waals surface area contributed by atoms with E-state index in [-0.39, 0.29) is 18.5 Å². The first-order valence-electron chi connectivity index (χ1n) is 5.53. The molecule has 0 aliphatic carbocycles. The third kappa shape index (κ3) is 3.51. The fourth-order valence-corrected chi connectivity index (χ4v) is 1.84. The van der Waals surface area contributed by atoms with Crippen molar-refractivity contribution in [1.82, 2.24) is 10.3 Å². The van der Waals surface area contributed by atoms with Crippen molar-refractivity contribution in [2.75, 3.05) is 6.54 Å². The second kappa shape index (κ2) is 5.45. The van der Waals surface area contributed by atoms with Crippen molar-refractivity contribution in [3.05, 3.63) is 16.1 Å². The average molecular weight is 270 g/mol. The van der Waals surface area contributed by atoms with Crippen LogP contribution >= 0.6 is 11.3 Å². The SMILES string of the molecule is CC(N)c1nc(C(=O)NCC(C)(C)C(N)=O)cs1. The number of carbonyl (C=O) groups excluding carboxylic acids is 2. The van der Waals surface area contributed by atoms with E-state index in [0.717, 1.165) is 0 Å². The second-order valence-electron chi connectivity index (χ2n) is 4.79. The molecule has 0 aromatic carbocycles. The molecule has 5 N–H and O–H groups in total. The molecular formula is C11H18N4O2S. The van der Waals surface area contributed by atoms with Gasteiger partial charge < -0.3 is 16.8 Å². The number of amides is 2. The Morgan fingerprint density at radius 1 is 1.56 bits per heavy atom. The molecule has 0 saturated carbocycles. The zero-order valence-corrected chi connectivity index (χ0v) is 11.5. The topological polar surface area (TPSA) is 111 Å². The number of thiazole rings is 1. The van der Waals surface area contributed by atoms with Gasteiger partial charge in [0.25, 0.3) is 5.91 Å². The van der Waals surface area contributed by atoms with Crippen molar-refractivity contribution in [2.24, 2.45) is 16.9 Å². The summed E-state index contributed by atoms with van der Waals surface area (Å²) in [6.07, 6.45) is 0. The molecule has 0 aliphatic rings. The zero-order chi connectivity index (χ0) is 13.9. The van der Waals surface area contributed by atoms with Crippen LogP contribution in [0.3, 0.4) is 0 Å². The van der Waals surface area contributed by atoms with Crippen LogP contribution in [0, 0.1) is 5.41 Å². The molecule has 0 fully saturated rings. The fourth-order valence-electron chi connectivity index (χ4n) is 1.08. The van der Waals surface area contributed by atoms with E-state index < -0.39 is 11.3 Å². The predicted octanol–water partition coefficient (Wildman–Crippen LogP) is 0.404. The molecular weight excluding hydrogens is 252 g/mol. The first kappa shape index (κ1) is 14.6. The van der Waals surface area contributed by atoms with Gasteiger partial charge in [0.1, 0.15) is 10.7 Å². The highest BCUT2D eigenvalue weighted by Crippen LogP contribution is 2.16. The number of nitrogens with one attached hydrogen (secondary N) is 1. The Labute approximate surface area is 110 Å². The summed E-state index contributed by atoms with van der Waals surface area (Å²) >= 11 is 1.34. The van der Waals surface area contributed by atoms with E-state index in [4.69, 9.17) is 11.5 Å². The van der Waals surface area contributed by atoms with Gasteiger partial charge in [-0.2, -0.15) is 0 Å². The number of rotatable bonds is 5. The summed E-state index contributed by atoms with van der Waals surface area (Å²) in [7, 11) is 0. The Hall–Kier alpha value is -1.47. The van der Waals surface area contributed by atoms with Crippen LogP contribution in [0.15, 0.2) is 5.38 Å². The number of nitrogens with two attached hydrogens (primary N) is 2. The van der Waals surface area contributed by atoms with E-state index in [1.54, 1.807) is 26.2 Å². The van der Waals surface area contributed by atoms with Gasteiger partial charge in [-0.25, -0.2) is 4.98 Å². The standard InChI is InChI=1S/C11H18N4O2S/c1-6(12)9-15-7(4-18-9)8(16)14-5-11(2,3)10(13)17/h4,6H,5,12H2,1-3H3,(H2,13,17)(H,14,16). The predicted molar refractivity (Wildman–Crippen MR) is 70.0 cm³/mol. The van der Waals surface area contributed by atoms with Gasteiger partial charge >= 0.3 is 0 Å². The van der Waals surface area contributed by atoms with E-state index in [1.165, 1.54) is 11.3 Å². The van der Waals surface area contributed by atoms with Crippen molar-refractivity contribution in [3.63, 3.8) is 0 Å². The van der Waals surface area contributed by atoms with E-state index >= 15 is 0 Å². The highest BCUT2D eigenvalue weighted by Gasteiger charge is 2.26. The molecule has 0 bridgehead atoms. The molecule has 2 amide bonds. The summed E-state index contributed by atoms with van der Waals surface area (Å²) in [5.74, 6) is -0.787. The molecule has 0 spiro atoms. The summed E-state index contributed by atoms with van der Waals surface area (Å²) < 4.78 is 0. The smallest absolute Gasteiger partial charge is 0.270 e. The van der Waals surface area contributed by atoms with Crippen LogP contribution in [-0.2, 0) is 4.79 Å². The highest BCUT2D eigenvalue weighted by atomic mass is 32.1. The fraction of sp³-hybridized carbons (Fsp3) is 0.545. The van der Waals surface area contributed by atoms with Gasteiger partial charge in [-0.1, -0.05) is 0 Å². The lowest BCUT2D eigenvalue weighted by atomic mass is 9.93. The highest BCUT2D eigenvalue weighted by molar-refractivity contribution is 7.09. The molecule has 100 valence electrons. The Kier molecular flexibility index (Phi) is 4.42. The number of carbonyl (C=O) groups is 2. The van der Waals surface area contributed by atoms with Crippen LogP contribution in [-0.4, -0.2) is 23.3 Å². The number of aromatic nitrogens is 1. The van der Waals surface area contributed by atoms with Gasteiger partial charge in [-0.05, 0) is 20.8 Å². The number of primary amides is 1.